The van der Waals surface area contributed by atoms with Crippen LogP contribution in [0.2, 0.25) is 5.02 Å². The number of benzene rings is 2. The molecule has 2 aromatic rings. The van der Waals surface area contributed by atoms with E-state index in [0.29, 0.717) is 66.2 Å². The zero-order valence-corrected chi connectivity index (χ0v) is 19.1. The van der Waals surface area contributed by atoms with Crippen LogP contribution in [0.1, 0.15) is 18.4 Å². The summed E-state index contributed by atoms with van der Waals surface area (Å²) in [4.78, 5) is 17.5. The fourth-order valence-corrected chi connectivity index (χ4v) is 3.65. The van der Waals surface area contributed by atoms with Gasteiger partial charge in [0.1, 0.15) is 18.7 Å². The second-order valence-corrected chi connectivity index (χ2v) is 7.96. The van der Waals surface area contributed by atoms with Crippen LogP contribution in [0.5, 0.6) is 11.5 Å². The molecular formula is C24H30ClN3O4+2. The number of amides is 1. The Morgan fingerprint density at radius 3 is 2.75 bits per heavy atom. The van der Waals surface area contributed by atoms with Crippen LogP contribution in [0.25, 0.3) is 0 Å². The molecule has 0 radical (unpaired) electrons. The Labute approximate surface area is 193 Å². The summed E-state index contributed by atoms with van der Waals surface area (Å²) in [6.45, 7) is 1.04. The smallest absolute Gasteiger partial charge is 0.257 e. The molecule has 0 spiro atoms. The van der Waals surface area contributed by atoms with E-state index in [2.05, 4.69) is 15.4 Å². The molecule has 1 unspecified atom stereocenters. The molecule has 1 aliphatic heterocycles. The first kappa shape index (κ1) is 23.6. The fraction of sp³-hybridized carbons (Fsp3) is 0.333. The molecule has 0 aliphatic carbocycles. The molecule has 32 heavy (non-hydrogen) atoms. The molecule has 2 aromatic carbocycles. The van der Waals surface area contributed by atoms with E-state index in [0.717, 1.165) is 5.56 Å². The number of carbonyl (C=O) groups excluding carboxylic acids is 1. The van der Waals surface area contributed by atoms with Gasteiger partial charge in [0.15, 0.2) is 12.5 Å². The minimum Gasteiger partial charge on any atom is -0.593 e. The van der Waals surface area contributed by atoms with Crippen LogP contribution in [0.4, 0.5) is 0 Å². The van der Waals surface area contributed by atoms with E-state index in [9.17, 15) is 4.79 Å². The Bertz CT molecular complexity index is 989. The molecule has 0 fully saturated rings. The van der Waals surface area contributed by atoms with Gasteiger partial charge in [-0.1, -0.05) is 23.7 Å². The quantitative estimate of drug-likeness (QED) is 0.469. The lowest BCUT2D eigenvalue weighted by molar-refractivity contribution is -0.118. The number of nitrogens with zero attached hydrogens (tertiary/aromatic N) is 1. The highest BCUT2D eigenvalue weighted by Gasteiger charge is 2.27. The maximum atomic E-state index is 12.8. The van der Waals surface area contributed by atoms with Crippen LogP contribution in [-0.4, -0.2) is 49.0 Å². The van der Waals surface area contributed by atoms with E-state index >= 15 is 0 Å². The Morgan fingerprint density at radius 2 is 2.06 bits per heavy atom. The van der Waals surface area contributed by atoms with Gasteiger partial charge in [0.2, 0.25) is 0 Å². The van der Waals surface area contributed by atoms with Crippen molar-refractivity contribution in [1.29, 1.82) is 0 Å². The van der Waals surface area contributed by atoms with Crippen LogP contribution in [-0.2, 0) is 11.2 Å². The maximum absolute atomic E-state index is 12.8. The number of halogens is 1. The first-order valence-corrected chi connectivity index (χ1v) is 10.9. The van der Waals surface area contributed by atoms with Crippen molar-refractivity contribution in [1.82, 2.24) is 10.6 Å². The molecule has 5 N–H and O–H groups in total. The van der Waals surface area contributed by atoms with E-state index in [4.69, 9.17) is 26.4 Å². The Hall–Kier alpha value is -3.03. The highest BCUT2D eigenvalue weighted by Crippen LogP contribution is 2.28. The van der Waals surface area contributed by atoms with Crippen molar-refractivity contribution < 1.29 is 19.4 Å². The van der Waals surface area contributed by atoms with Gasteiger partial charge in [-0.3, -0.25) is 4.79 Å². The van der Waals surface area contributed by atoms with E-state index in [-0.39, 0.29) is 11.8 Å². The third-order valence-corrected chi connectivity index (χ3v) is 5.44. The minimum atomic E-state index is -0.151. The number of ether oxygens (including phenoxy) is 2. The van der Waals surface area contributed by atoms with Crippen molar-refractivity contribution in [2.75, 3.05) is 27.3 Å². The van der Waals surface area contributed by atoms with Gasteiger partial charge < -0.3 is 25.2 Å². The molecule has 1 amide bonds. The fourth-order valence-electron chi connectivity index (χ4n) is 3.53. The maximum Gasteiger partial charge on any atom is 0.257 e. The average Bonchev–Trinajstić information content (AvgIpc) is 2.95. The lowest BCUT2D eigenvalue weighted by Crippen LogP contribution is -2.30. The summed E-state index contributed by atoms with van der Waals surface area (Å²) in [7, 11) is 3.46. The largest absolute Gasteiger partial charge is 0.593 e. The van der Waals surface area contributed by atoms with E-state index in [1.807, 2.05) is 24.3 Å². The van der Waals surface area contributed by atoms with Crippen LogP contribution in [0.15, 0.2) is 64.9 Å². The molecular weight excluding hydrogens is 430 g/mol. The summed E-state index contributed by atoms with van der Waals surface area (Å²) in [5, 5.41) is 14.5. The van der Waals surface area contributed by atoms with E-state index in [1.165, 1.54) is 0 Å². The number of rotatable bonds is 8. The normalized spacial score (nSPS) is 16.2. The van der Waals surface area contributed by atoms with Crippen molar-refractivity contribution in [3.63, 3.8) is 0 Å². The predicted molar refractivity (Wildman–Crippen MR) is 128 cm³/mol. The number of aliphatic imine (C=N–C) groups is 1. The van der Waals surface area contributed by atoms with Crippen LogP contribution < -0.4 is 15.4 Å². The molecule has 170 valence electrons. The average molecular weight is 460 g/mol. The number of hydrogen-bond donors (Lipinski definition) is 2. The molecule has 1 heterocycles. The first-order chi connectivity index (χ1) is 15.5. The Morgan fingerprint density at radius 1 is 1.28 bits per heavy atom. The summed E-state index contributed by atoms with van der Waals surface area (Å²) in [6, 6.07) is 14.6. The molecule has 3 rings (SSSR count). The van der Waals surface area contributed by atoms with Gasteiger partial charge in [-0.2, -0.15) is 4.99 Å². The van der Waals surface area contributed by atoms with Gasteiger partial charge in [0.05, 0.1) is 18.2 Å². The highest BCUT2D eigenvalue weighted by atomic mass is 35.5. The molecule has 0 aromatic heterocycles. The van der Waals surface area contributed by atoms with Gasteiger partial charge in [-0.15, -0.1) is 0 Å². The summed E-state index contributed by atoms with van der Waals surface area (Å²) in [5.74, 6) is 1.71. The SMILES string of the molecule is CNC1=C(C(=O)NCC[OH+]C)CCC(Cc2ccc(Cl)cc2)C(Oc2cccc([OH2+])c2)=N1. The van der Waals surface area contributed by atoms with Crippen molar-refractivity contribution in [2.45, 2.75) is 19.3 Å². The summed E-state index contributed by atoms with van der Waals surface area (Å²) in [6.07, 6.45) is 1.93. The van der Waals surface area contributed by atoms with Crippen molar-refractivity contribution in [3.8, 4) is 11.5 Å². The molecule has 1 aliphatic rings. The van der Waals surface area contributed by atoms with E-state index < -0.39 is 0 Å². The topological polar surface area (TPSA) is 98.4 Å². The van der Waals surface area contributed by atoms with E-state index in [1.54, 1.807) is 38.4 Å². The van der Waals surface area contributed by atoms with Crippen molar-refractivity contribution in [2.24, 2.45) is 10.9 Å². The van der Waals surface area contributed by atoms with Gasteiger partial charge >= 0.3 is 0 Å². The summed E-state index contributed by atoms with van der Waals surface area (Å²) >= 11 is 6.04. The highest BCUT2D eigenvalue weighted by molar-refractivity contribution is 6.30. The molecule has 7 nitrogen and oxygen atoms in total. The molecule has 8 heteroatoms. The Kier molecular flexibility index (Phi) is 8.53. The monoisotopic (exact) mass is 459 g/mol. The van der Waals surface area contributed by atoms with Gasteiger partial charge in [-0.05, 0) is 49.1 Å². The number of nitrogens with one attached hydrogen (secondary N) is 2. The lowest BCUT2D eigenvalue weighted by Gasteiger charge is -2.18. The molecule has 0 bridgehead atoms. The van der Waals surface area contributed by atoms with Crippen molar-refractivity contribution >= 4 is 23.4 Å². The van der Waals surface area contributed by atoms with Crippen molar-refractivity contribution in [3.05, 3.63) is 70.5 Å². The number of carbonyl (C=O) groups is 1. The second-order valence-electron chi connectivity index (χ2n) is 7.52. The van der Waals surface area contributed by atoms with Gasteiger partial charge in [-0.25, -0.2) is 0 Å². The summed E-state index contributed by atoms with van der Waals surface area (Å²) < 4.78 is 10.2. The third kappa shape index (κ3) is 6.48. The number of hydrogen-bond acceptors (Lipinski definition) is 4. The summed E-state index contributed by atoms with van der Waals surface area (Å²) in [5.41, 5.74) is 1.70. The first-order valence-electron chi connectivity index (χ1n) is 10.6. The van der Waals surface area contributed by atoms with Crippen LogP contribution in [0, 0.1) is 5.92 Å². The van der Waals surface area contributed by atoms with Gasteiger partial charge in [0, 0.05) is 24.1 Å². The second kappa shape index (κ2) is 11.5. The zero-order chi connectivity index (χ0) is 22.9. The third-order valence-electron chi connectivity index (χ3n) is 5.18. The molecule has 0 saturated heterocycles. The zero-order valence-electron chi connectivity index (χ0n) is 18.3. The molecule has 0 saturated carbocycles. The van der Waals surface area contributed by atoms with Gasteiger partial charge in [0.25, 0.3) is 11.7 Å². The lowest BCUT2D eigenvalue weighted by atomic mass is 9.93. The standard InChI is InChI=1S/C24H28ClN3O4/c1-26-22-21(23(30)27-12-13-31-2)11-8-17(14-16-6-9-18(25)10-7-16)24(28-22)32-20-5-3-4-19(29)15-20/h3-7,9-10,15,17,26,29H,8,11-14H2,1-2H3,(H,27,30)/p+2. The predicted octanol–water partition coefficient (Wildman–Crippen LogP) is 2.91. The van der Waals surface area contributed by atoms with Crippen LogP contribution >= 0.6 is 11.6 Å². The molecule has 1 atom stereocenters. The van der Waals surface area contributed by atoms with Crippen LogP contribution in [0.3, 0.4) is 0 Å². The minimum absolute atomic E-state index is 0.0511. The number of aliphatic hydroxyl groups is 2. The Balaban J connectivity index is 1.91.